The maximum Gasteiger partial charge on any atom is 0.0548 e. The van der Waals surface area contributed by atoms with Gasteiger partial charge in [-0.25, -0.2) is 0 Å². The number of halogens is 1. The minimum absolute atomic E-state index is 0.153. The fourth-order valence-corrected chi connectivity index (χ4v) is 2.78. The molecule has 1 heterocycles. The molecule has 2 aromatic rings. The second-order valence-electron chi connectivity index (χ2n) is 4.23. The summed E-state index contributed by atoms with van der Waals surface area (Å²) in [5.74, 6) is 0. The Hall–Kier alpha value is -1.03. The first-order valence-corrected chi connectivity index (χ1v) is 6.96. The van der Waals surface area contributed by atoms with Gasteiger partial charge in [-0.15, -0.1) is 0 Å². The summed E-state index contributed by atoms with van der Waals surface area (Å²) in [4.78, 5) is 6.18. The molecule has 1 aromatic heterocycles. The van der Waals surface area contributed by atoms with Crippen molar-refractivity contribution in [2.24, 2.45) is 5.73 Å². The van der Waals surface area contributed by atoms with E-state index in [4.69, 9.17) is 17.3 Å². The second kappa shape index (κ2) is 6.23. The van der Waals surface area contributed by atoms with Crippen molar-refractivity contribution in [1.82, 2.24) is 4.98 Å². The highest BCUT2D eigenvalue weighted by atomic mass is 35.5. The Morgan fingerprint density at radius 2 is 2.00 bits per heavy atom. The van der Waals surface area contributed by atoms with Crippen LogP contribution in [0.1, 0.15) is 12.5 Å². The highest BCUT2D eigenvalue weighted by Crippen LogP contribution is 2.33. The number of rotatable bonds is 4. The van der Waals surface area contributed by atoms with E-state index in [-0.39, 0.29) is 6.04 Å². The molecule has 0 spiro atoms. The number of benzene rings is 1. The van der Waals surface area contributed by atoms with E-state index < -0.39 is 0 Å². The lowest BCUT2D eigenvalue weighted by atomic mass is 10.1. The maximum absolute atomic E-state index is 6.29. The molecule has 94 valence electrons. The largest absolute Gasteiger partial charge is 0.328 e. The summed E-state index contributed by atoms with van der Waals surface area (Å²) in [6, 6.07) is 10.2. The van der Waals surface area contributed by atoms with Gasteiger partial charge in [-0.2, -0.15) is 0 Å². The fraction of sp³-hybridized carbons (Fsp3) is 0.214. The summed E-state index contributed by atoms with van der Waals surface area (Å²) in [6.45, 7) is 1.99. The molecule has 0 fully saturated rings. The Morgan fingerprint density at radius 3 is 2.61 bits per heavy atom. The molecule has 1 unspecified atom stereocenters. The lowest BCUT2D eigenvalue weighted by Gasteiger charge is -2.08. The van der Waals surface area contributed by atoms with Crippen LogP contribution in [0, 0.1) is 0 Å². The van der Waals surface area contributed by atoms with Crippen LogP contribution in [0.4, 0.5) is 0 Å². The van der Waals surface area contributed by atoms with Gasteiger partial charge in [0.25, 0.3) is 0 Å². The average Bonchev–Trinajstić information content (AvgIpc) is 2.33. The molecule has 0 saturated carbocycles. The zero-order valence-electron chi connectivity index (χ0n) is 10.1. The van der Waals surface area contributed by atoms with Gasteiger partial charge < -0.3 is 5.73 Å². The van der Waals surface area contributed by atoms with Crippen LogP contribution in [-0.2, 0) is 6.42 Å². The van der Waals surface area contributed by atoms with Crippen molar-refractivity contribution in [1.29, 1.82) is 0 Å². The minimum atomic E-state index is 0.153. The van der Waals surface area contributed by atoms with E-state index in [1.165, 1.54) is 5.56 Å². The Morgan fingerprint density at radius 1 is 1.28 bits per heavy atom. The molecule has 0 aliphatic heterocycles. The smallest absolute Gasteiger partial charge is 0.0548 e. The third-order valence-electron chi connectivity index (χ3n) is 2.43. The van der Waals surface area contributed by atoms with Crippen LogP contribution in [0.25, 0.3) is 0 Å². The predicted molar refractivity (Wildman–Crippen MR) is 77.2 cm³/mol. The van der Waals surface area contributed by atoms with Gasteiger partial charge in [-0.1, -0.05) is 29.4 Å². The average molecular weight is 279 g/mol. The number of hydrogen-bond donors (Lipinski definition) is 1. The van der Waals surface area contributed by atoms with Gasteiger partial charge in [0.2, 0.25) is 0 Å². The molecule has 1 atom stereocenters. The Bertz CT molecular complexity index is 514. The van der Waals surface area contributed by atoms with Gasteiger partial charge >= 0.3 is 0 Å². The summed E-state index contributed by atoms with van der Waals surface area (Å²) >= 11 is 7.92. The molecule has 2 N–H and O–H groups in total. The van der Waals surface area contributed by atoms with E-state index in [2.05, 4.69) is 11.1 Å². The SMILES string of the molecule is CC(N)Cc1ccc(Sc2ccncc2)c(Cl)c1. The van der Waals surface area contributed by atoms with E-state index >= 15 is 0 Å². The van der Waals surface area contributed by atoms with Crippen molar-refractivity contribution in [3.8, 4) is 0 Å². The lowest BCUT2D eigenvalue weighted by Crippen LogP contribution is -2.17. The highest BCUT2D eigenvalue weighted by Gasteiger charge is 2.05. The van der Waals surface area contributed by atoms with Crippen molar-refractivity contribution in [3.05, 3.63) is 53.3 Å². The molecular weight excluding hydrogens is 264 g/mol. The van der Waals surface area contributed by atoms with Crippen LogP contribution in [0.5, 0.6) is 0 Å². The number of nitrogens with zero attached hydrogens (tertiary/aromatic N) is 1. The molecule has 0 saturated heterocycles. The topological polar surface area (TPSA) is 38.9 Å². The standard InChI is InChI=1S/C14H15ClN2S/c1-10(16)8-11-2-3-14(13(15)9-11)18-12-4-6-17-7-5-12/h2-7,9-10H,8,16H2,1H3. The van der Waals surface area contributed by atoms with E-state index in [9.17, 15) is 0 Å². The predicted octanol–water partition coefficient (Wildman–Crippen LogP) is 3.78. The lowest BCUT2D eigenvalue weighted by molar-refractivity contribution is 0.738. The third kappa shape index (κ3) is 3.73. The van der Waals surface area contributed by atoms with Crippen LogP contribution in [0.2, 0.25) is 5.02 Å². The summed E-state index contributed by atoms with van der Waals surface area (Å²) in [6.07, 6.45) is 4.40. The summed E-state index contributed by atoms with van der Waals surface area (Å²) in [5.41, 5.74) is 6.96. The molecule has 2 rings (SSSR count). The van der Waals surface area contributed by atoms with Gasteiger partial charge in [-0.3, -0.25) is 4.98 Å². The minimum Gasteiger partial charge on any atom is -0.328 e. The number of aromatic nitrogens is 1. The number of pyridine rings is 1. The molecule has 0 bridgehead atoms. The maximum atomic E-state index is 6.29. The first-order chi connectivity index (χ1) is 8.65. The molecule has 0 amide bonds. The van der Waals surface area contributed by atoms with E-state index in [1.807, 2.05) is 31.2 Å². The van der Waals surface area contributed by atoms with Crippen LogP contribution in [-0.4, -0.2) is 11.0 Å². The monoisotopic (exact) mass is 278 g/mol. The quantitative estimate of drug-likeness (QED) is 0.925. The van der Waals surface area contributed by atoms with Crippen LogP contribution >= 0.6 is 23.4 Å². The van der Waals surface area contributed by atoms with Crippen molar-refractivity contribution in [2.45, 2.75) is 29.2 Å². The van der Waals surface area contributed by atoms with Crippen LogP contribution in [0.15, 0.2) is 52.5 Å². The highest BCUT2D eigenvalue weighted by molar-refractivity contribution is 7.99. The van der Waals surface area contributed by atoms with Gasteiger partial charge in [0.1, 0.15) is 0 Å². The molecule has 1 aromatic carbocycles. The van der Waals surface area contributed by atoms with Crippen molar-refractivity contribution >= 4 is 23.4 Å². The molecule has 0 aliphatic carbocycles. The molecule has 18 heavy (non-hydrogen) atoms. The molecular formula is C14H15ClN2S. The number of hydrogen-bond acceptors (Lipinski definition) is 3. The second-order valence-corrected chi connectivity index (χ2v) is 5.75. The summed E-state index contributed by atoms with van der Waals surface area (Å²) in [5, 5.41) is 0.773. The first kappa shape index (κ1) is 13.4. The zero-order chi connectivity index (χ0) is 13.0. The van der Waals surface area contributed by atoms with Gasteiger partial charge in [0.05, 0.1) is 5.02 Å². The van der Waals surface area contributed by atoms with Gasteiger partial charge in [0, 0.05) is 28.2 Å². The number of nitrogens with two attached hydrogens (primary N) is 1. The normalized spacial score (nSPS) is 12.4. The van der Waals surface area contributed by atoms with Gasteiger partial charge in [-0.05, 0) is 43.2 Å². The first-order valence-electron chi connectivity index (χ1n) is 5.77. The molecule has 4 heteroatoms. The van der Waals surface area contributed by atoms with E-state index in [0.717, 1.165) is 21.2 Å². The fourth-order valence-electron chi connectivity index (χ4n) is 1.66. The van der Waals surface area contributed by atoms with E-state index in [0.29, 0.717) is 0 Å². The van der Waals surface area contributed by atoms with Crippen LogP contribution in [0.3, 0.4) is 0 Å². The van der Waals surface area contributed by atoms with E-state index in [1.54, 1.807) is 24.2 Å². The summed E-state index contributed by atoms with van der Waals surface area (Å²) < 4.78 is 0. The Kier molecular flexibility index (Phi) is 4.64. The molecule has 0 aliphatic rings. The van der Waals surface area contributed by atoms with Crippen molar-refractivity contribution in [3.63, 3.8) is 0 Å². The third-order valence-corrected chi connectivity index (χ3v) is 3.94. The van der Waals surface area contributed by atoms with Crippen molar-refractivity contribution in [2.75, 3.05) is 0 Å². The van der Waals surface area contributed by atoms with Gasteiger partial charge in [0.15, 0.2) is 0 Å². The molecule has 2 nitrogen and oxygen atoms in total. The molecule has 0 radical (unpaired) electrons. The Balaban J connectivity index is 2.15. The summed E-state index contributed by atoms with van der Waals surface area (Å²) in [7, 11) is 0. The zero-order valence-corrected chi connectivity index (χ0v) is 11.7. The Labute approximate surface area is 117 Å². The van der Waals surface area contributed by atoms with Crippen LogP contribution < -0.4 is 5.73 Å². The van der Waals surface area contributed by atoms with Crippen molar-refractivity contribution < 1.29 is 0 Å².